The Morgan fingerprint density at radius 2 is 0.755 bits per heavy atom. The van der Waals surface area contributed by atoms with Gasteiger partial charge in [-0.3, -0.25) is 14.4 Å². The largest absolute Gasteiger partial charge is 0.462 e. The zero-order valence-electron chi connectivity index (χ0n) is 34.8. The molecule has 0 heterocycles. The van der Waals surface area contributed by atoms with Crippen molar-refractivity contribution in [1.29, 1.82) is 0 Å². The Balaban J connectivity index is 4.43. The fourth-order valence-corrected chi connectivity index (χ4v) is 5.92. The number of carbonyl (C=O) groups excluding carboxylic acids is 3. The Morgan fingerprint density at radius 3 is 1.23 bits per heavy atom. The lowest BCUT2D eigenvalue weighted by atomic mass is 10.1. The SMILES string of the molecule is CC/C=C\C/C=C\CCCCCCCC(=O)OC(COC(=O)CCCCC/C=C\CCCCCCCC)COC(=O)CCCCCC/C=C\CCCC. The molecule has 0 rings (SSSR count). The van der Waals surface area contributed by atoms with Crippen LogP contribution in [0.2, 0.25) is 0 Å². The lowest BCUT2D eigenvalue weighted by Crippen LogP contribution is -2.30. The Hall–Kier alpha value is -2.63. The smallest absolute Gasteiger partial charge is 0.306 e. The van der Waals surface area contributed by atoms with E-state index in [1.54, 1.807) is 0 Å². The lowest BCUT2D eigenvalue weighted by Gasteiger charge is -2.18. The highest BCUT2D eigenvalue weighted by Crippen LogP contribution is 2.13. The minimum atomic E-state index is -0.786. The lowest BCUT2D eigenvalue weighted by molar-refractivity contribution is -0.167. The van der Waals surface area contributed by atoms with Crippen LogP contribution in [0.1, 0.15) is 213 Å². The second-order valence-corrected chi connectivity index (χ2v) is 14.6. The Morgan fingerprint density at radius 1 is 0.396 bits per heavy atom. The first-order valence-corrected chi connectivity index (χ1v) is 22.1. The van der Waals surface area contributed by atoms with Crippen molar-refractivity contribution in [3.63, 3.8) is 0 Å². The molecule has 0 aliphatic carbocycles. The summed E-state index contributed by atoms with van der Waals surface area (Å²) in [6, 6.07) is 0. The average molecular weight is 743 g/mol. The van der Waals surface area contributed by atoms with Crippen molar-refractivity contribution < 1.29 is 28.6 Å². The van der Waals surface area contributed by atoms with Crippen LogP contribution in [-0.4, -0.2) is 37.2 Å². The third kappa shape index (κ3) is 40.4. The number of unbranched alkanes of at least 4 members (excludes halogenated alkanes) is 20. The van der Waals surface area contributed by atoms with Crippen molar-refractivity contribution >= 4 is 17.9 Å². The molecule has 306 valence electrons. The standard InChI is InChI=1S/C47H82O6/c1-4-7-10-13-16-19-22-24-26-28-31-34-37-40-46(49)52-43-44(42-51-45(48)39-36-33-30-27-21-18-15-12-9-6-3)53-47(50)41-38-35-32-29-25-23-20-17-14-11-8-5-2/h8,11,15,17-18,20,24,26,44H,4-7,9-10,12-14,16,19,21-23,25,27-43H2,1-3H3/b11-8-,18-15-,20-17-,26-24-. The predicted octanol–water partition coefficient (Wildman–Crippen LogP) is 14.0. The van der Waals surface area contributed by atoms with Gasteiger partial charge in [0.05, 0.1) is 0 Å². The molecule has 1 atom stereocenters. The number of carbonyl (C=O) groups is 3. The zero-order valence-corrected chi connectivity index (χ0v) is 34.8. The van der Waals surface area contributed by atoms with Crippen molar-refractivity contribution in [2.75, 3.05) is 13.2 Å². The van der Waals surface area contributed by atoms with Gasteiger partial charge in [-0.25, -0.2) is 0 Å². The van der Waals surface area contributed by atoms with Crippen LogP contribution >= 0.6 is 0 Å². The summed E-state index contributed by atoms with van der Waals surface area (Å²) in [7, 11) is 0. The van der Waals surface area contributed by atoms with E-state index in [2.05, 4.69) is 69.4 Å². The van der Waals surface area contributed by atoms with Gasteiger partial charge >= 0.3 is 17.9 Å². The first-order chi connectivity index (χ1) is 26.0. The molecule has 0 spiro atoms. The number of hydrogen-bond donors (Lipinski definition) is 0. The summed E-state index contributed by atoms with van der Waals surface area (Å²) < 4.78 is 16.6. The van der Waals surface area contributed by atoms with Crippen LogP contribution in [0.25, 0.3) is 0 Å². The summed E-state index contributed by atoms with van der Waals surface area (Å²) in [4.78, 5) is 37.6. The van der Waals surface area contributed by atoms with Gasteiger partial charge in [-0.2, -0.15) is 0 Å². The highest BCUT2D eigenvalue weighted by atomic mass is 16.6. The Kier molecular flexibility index (Phi) is 40.0. The molecule has 0 aromatic carbocycles. The van der Waals surface area contributed by atoms with Gasteiger partial charge in [0.1, 0.15) is 13.2 Å². The van der Waals surface area contributed by atoms with Crippen LogP contribution in [0.3, 0.4) is 0 Å². The van der Waals surface area contributed by atoms with E-state index in [0.29, 0.717) is 19.3 Å². The molecule has 0 saturated carbocycles. The minimum absolute atomic E-state index is 0.0900. The molecule has 0 aromatic rings. The van der Waals surface area contributed by atoms with Gasteiger partial charge < -0.3 is 14.2 Å². The Bertz CT molecular complexity index is 949. The molecule has 0 aromatic heterocycles. The maximum absolute atomic E-state index is 12.7. The molecule has 6 heteroatoms. The van der Waals surface area contributed by atoms with Gasteiger partial charge in [-0.1, -0.05) is 153 Å². The summed E-state index contributed by atoms with van der Waals surface area (Å²) in [5.41, 5.74) is 0. The van der Waals surface area contributed by atoms with E-state index in [1.807, 2.05) is 0 Å². The van der Waals surface area contributed by atoms with Crippen molar-refractivity contribution in [3.8, 4) is 0 Å². The normalized spacial score (nSPS) is 12.4. The first-order valence-electron chi connectivity index (χ1n) is 22.1. The minimum Gasteiger partial charge on any atom is -0.462 e. The molecular formula is C47H82O6. The maximum Gasteiger partial charge on any atom is 0.306 e. The van der Waals surface area contributed by atoms with Gasteiger partial charge in [0.2, 0.25) is 0 Å². The van der Waals surface area contributed by atoms with Crippen LogP contribution < -0.4 is 0 Å². The van der Waals surface area contributed by atoms with E-state index in [-0.39, 0.29) is 31.1 Å². The maximum atomic E-state index is 12.7. The molecule has 53 heavy (non-hydrogen) atoms. The van der Waals surface area contributed by atoms with E-state index >= 15 is 0 Å². The summed E-state index contributed by atoms with van der Waals surface area (Å²) >= 11 is 0. The molecule has 0 N–H and O–H groups in total. The number of allylic oxidation sites excluding steroid dienone is 8. The molecule has 0 saturated heterocycles. The third-order valence-corrected chi connectivity index (χ3v) is 9.29. The number of rotatable bonds is 39. The van der Waals surface area contributed by atoms with Crippen molar-refractivity contribution in [2.24, 2.45) is 0 Å². The average Bonchev–Trinajstić information content (AvgIpc) is 3.15. The zero-order chi connectivity index (χ0) is 38.7. The van der Waals surface area contributed by atoms with E-state index < -0.39 is 6.10 Å². The molecule has 0 aliphatic heterocycles. The summed E-state index contributed by atoms with van der Waals surface area (Å²) in [5, 5.41) is 0. The van der Waals surface area contributed by atoms with Gasteiger partial charge in [0, 0.05) is 19.3 Å². The highest BCUT2D eigenvalue weighted by Gasteiger charge is 2.19. The fourth-order valence-electron chi connectivity index (χ4n) is 5.92. The topological polar surface area (TPSA) is 78.9 Å². The number of hydrogen-bond acceptors (Lipinski definition) is 6. The predicted molar refractivity (Wildman–Crippen MR) is 224 cm³/mol. The van der Waals surface area contributed by atoms with Gasteiger partial charge in [0.25, 0.3) is 0 Å². The molecule has 0 bridgehead atoms. The summed E-state index contributed by atoms with van der Waals surface area (Å²) in [5.74, 6) is -0.938. The van der Waals surface area contributed by atoms with E-state index in [4.69, 9.17) is 14.2 Å². The van der Waals surface area contributed by atoms with Crippen LogP contribution in [0.4, 0.5) is 0 Å². The molecular weight excluding hydrogens is 661 g/mol. The number of ether oxygens (including phenoxy) is 3. The monoisotopic (exact) mass is 743 g/mol. The molecule has 0 fully saturated rings. The van der Waals surface area contributed by atoms with Crippen LogP contribution in [0.5, 0.6) is 0 Å². The second kappa shape index (κ2) is 42.1. The van der Waals surface area contributed by atoms with E-state index in [1.165, 1.54) is 51.4 Å². The van der Waals surface area contributed by atoms with Gasteiger partial charge in [-0.05, 0) is 89.9 Å². The van der Waals surface area contributed by atoms with E-state index in [9.17, 15) is 14.4 Å². The van der Waals surface area contributed by atoms with Crippen molar-refractivity contribution in [3.05, 3.63) is 48.6 Å². The molecule has 0 radical (unpaired) electrons. The third-order valence-electron chi connectivity index (χ3n) is 9.29. The number of esters is 3. The first kappa shape index (κ1) is 50.4. The van der Waals surface area contributed by atoms with Gasteiger partial charge in [0.15, 0.2) is 6.10 Å². The van der Waals surface area contributed by atoms with Crippen LogP contribution in [0.15, 0.2) is 48.6 Å². The molecule has 6 nitrogen and oxygen atoms in total. The molecule has 0 aliphatic rings. The van der Waals surface area contributed by atoms with Gasteiger partial charge in [-0.15, -0.1) is 0 Å². The highest BCUT2D eigenvalue weighted by molar-refractivity contribution is 5.71. The van der Waals surface area contributed by atoms with E-state index in [0.717, 1.165) is 122 Å². The molecule has 0 amide bonds. The van der Waals surface area contributed by atoms with Crippen LogP contribution in [-0.2, 0) is 28.6 Å². The quantitative estimate of drug-likeness (QED) is 0.0270. The second-order valence-electron chi connectivity index (χ2n) is 14.6. The Labute approximate surface area is 327 Å². The molecule has 1 unspecified atom stereocenters. The summed E-state index contributed by atoms with van der Waals surface area (Å²) in [6.07, 6.45) is 48.1. The van der Waals surface area contributed by atoms with Crippen molar-refractivity contribution in [1.82, 2.24) is 0 Å². The van der Waals surface area contributed by atoms with Crippen molar-refractivity contribution in [2.45, 2.75) is 219 Å². The summed E-state index contributed by atoms with van der Waals surface area (Å²) in [6.45, 7) is 6.42. The van der Waals surface area contributed by atoms with Crippen LogP contribution in [0, 0.1) is 0 Å². The fraction of sp³-hybridized carbons (Fsp3) is 0.766.